The molecule has 0 amide bonds. The molecular weight excluding hydrogens is 286 g/mol. The van der Waals surface area contributed by atoms with E-state index in [1.807, 2.05) is 28.8 Å². The Morgan fingerprint density at radius 2 is 1.90 bits per heavy atom. The molecule has 1 heterocycles. The van der Waals surface area contributed by atoms with E-state index in [-0.39, 0.29) is 5.75 Å². The van der Waals surface area contributed by atoms with E-state index >= 15 is 0 Å². The molecule has 0 radical (unpaired) electrons. The van der Waals surface area contributed by atoms with Gasteiger partial charge in [0.25, 0.3) is 0 Å². The first-order valence-corrected chi connectivity index (χ1v) is 8.78. The Morgan fingerprint density at radius 1 is 1.24 bits per heavy atom. The molecule has 5 nitrogen and oxygen atoms in total. The van der Waals surface area contributed by atoms with Gasteiger partial charge in [-0.1, -0.05) is 12.1 Å². The van der Waals surface area contributed by atoms with E-state index in [0.29, 0.717) is 19.5 Å². The summed E-state index contributed by atoms with van der Waals surface area (Å²) in [7, 11) is -3.15. The highest BCUT2D eigenvalue weighted by atomic mass is 32.2. The molecule has 0 aliphatic rings. The van der Waals surface area contributed by atoms with Gasteiger partial charge >= 0.3 is 0 Å². The van der Waals surface area contributed by atoms with Crippen LogP contribution in [-0.2, 0) is 22.8 Å². The lowest BCUT2D eigenvalue weighted by Gasteiger charge is -2.19. The summed E-state index contributed by atoms with van der Waals surface area (Å²) in [5.41, 5.74) is 7.48. The second-order valence-corrected chi connectivity index (χ2v) is 9.00. The molecule has 1 aromatic carbocycles. The summed E-state index contributed by atoms with van der Waals surface area (Å²) in [6, 6.07) is 7.76. The van der Waals surface area contributed by atoms with Crippen molar-refractivity contribution in [2.45, 2.75) is 38.5 Å². The number of nitrogens with zero attached hydrogens (tertiary/aromatic N) is 2. The number of imidazole rings is 1. The predicted molar refractivity (Wildman–Crippen MR) is 86.0 cm³/mol. The first-order valence-electron chi connectivity index (χ1n) is 7.13. The summed E-state index contributed by atoms with van der Waals surface area (Å²) < 4.78 is 25.8. The predicted octanol–water partition coefficient (Wildman–Crippen LogP) is 1.75. The number of hydrogen-bond donors (Lipinski definition) is 1. The second-order valence-electron chi connectivity index (χ2n) is 6.14. The van der Waals surface area contributed by atoms with E-state index in [2.05, 4.69) is 4.98 Å². The van der Waals surface area contributed by atoms with Crippen LogP contribution in [0.4, 0.5) is 0 Å². The van der Waals surface area contributed by atoms with Crippen LogP contribution in [0.3, 0.4) is 0 Å². The van der Waals surface area contributed by atoms with Crippen LogP contribution >= 0.6 is 0 Å². The van der Waals surface area contributed by atoms with E-state index in [0.717, 1.165) is 16.9 Å². The van der Waals surface area contributed by atoms with Crippen molar-refractivity contribution in [3.8, 4) is 0 Å². The molecule has 0 saturated carbocycles. The number of aromatic nitrogens is 2. The summed E-state index contributed by atoms with van der Waals surface area (Å²) in [4.78, 5) is 4.55. The van der Waals surface area contributed by atoms with E-state index in [1.54, 1.807) is 20.8 Å². The van der Waals surface area contributed by atoms with Gasteiger partial charge in [0, 0.05) is 13.0 Å². The van der Waals surface area contributed by atoms with Crippen molar-refractivity contribution in [2.24, 2.45) is 5.73 Å². The van der Waals surface area contributed by atoms with Gasteiger partial charge in [0.1, 0.15) is 5.82 Å². The highest BCUT2D eigenvalue weighted by Gasteiger charge is 2.28. The number of sulfone groups is 1. The van der Waals surface area contributed by atoms with Crippen molar-refractivity contribution in [1.82, 2.24) is 9.55 Å². The lowest BCUT2D eigenvalue weighted by atomic mass is 10.3. The van der Waals surface area contributed by atoms with Gasteiger partial charge in [-0.05, 0) is 39.4 Å². The fraction of sp³-hybridized carbons (Fsp3) is 0.533. The summed E-state index contributed by atoms with van der Waals surface area (Å²) in [6.45, 7) is 6.10. The highest BCUT2D eigenvalue weighted by Crippen LogP contribution is 2.20. The first-order chi connectivity index (χ1) is 9.76. The van der Waals surface area contributed by atoms with Gasteiger partial charge < -0.3 is 10.3 Å². The average molecular weight is 309 g/mol. The zero-order valence-electron chi connectivity index (χ0n) is 12.8. The summed E-state index contributed by atoms with van der Waals surface area (Å²) >= 11 is 0. The van der Waals surface area contributed by atoms with Crippen molar-refractivity contribution in [3.05, 3.63) is 30.1 Å². The molecular formula is C15H23N3O2S. The Balaban J connectivity index is 2.35. The van der Waals surface area contributed by atoms with Crippen molar-refractivity contribution in [1.29, 1.82) is 0 Å². The van der Waals surface area contributed by atoms with Crippen LogP contribution in [0.25, 0.3) is 11.0 Å². The number of nitrogens with two attached hydrogens (primary N) is 1. The van der Waals surface area contributed by atoms with E-state index in [9.17, 15) is 8.42 Å². The minimum atomic E-state index is -3.15. The van der Waals surface area contributed by atoms with Crippen LogP contribution in [0.1, 0.15) is 26.6 Å². The fourth-order valence-corrected chi connectivity index (χ4v) is 3.25. The monoisotopic (exact) mass is 309 g/mol. The van der Waals surface area contributed by atoms with E-state index in [4.69, 9.17) is 5.73 Å². The van der Waals surface area contributed by atoms with Crippen LogP contribution in [0, 0.1) is 0 Å². The average Bonchev–Trinajstić information content (AvgIpc) is 2.73. The molecule has 0 atom stereocenters. The second kappa shape index (κ2) is 5.77. The van der Waals surface area contributed by atoms with E-state index < -0.39 is 14.6 Å². The summed E-state index contributed by atoms with van der Waals surface area (Å²) in [5, 5.41) is 0. The molecule has 116 valence electrons. The Kier molecular flexibility index (Phi) is 4.39. The lowest BCUT2D eigenvalue weighted by molar-refractivity contribution is 0.553. The molecule has 21 heavy (non-hydrogen) atoms. The van der Waals surface area contributed by atoms with Crippen LogP contribution in [0.2, 0.25) is 0 Å². The third-order valence-corrected chi connectivity index (χ3v) is 6.20. The number of benzene rings is 1. The Hall–Kier alpha value is -1.40. The standard InChI is InChI=1S/C15H23N3O2S/c1-15(2,3)21(19,20)11-10-18-13-7-5-4-6-12(13)17-14(18)8-9-16/h4-7H,8-11,16H2,1-3H3. The van der Waals surface area contributed by atoms with Crippen molar-refractivity contribution >= 4 is 20.9 Å². The van der Waals surface area contributed by atoms with Gasteiger partial charge in [-0.2, -0.15) is 0 Å². The molecule has 0 aliphatic heterocycles. The van der Waals surface area contributed by atoms with Crippen LogP contribution < -0.4 is 5.73 Å². The third kappa shape index (κ3) is 3.27. The minimum absolute atomic E-state index is 0.106. The molecule has 0 fully saturated rings. The molecule has 0 unspecified atom stereocenters. The van der Waals surface area contributed by atoms with Crippen molar-refractivity contribution in [3.63, 3.8) is 0 Å². The molecule has 6 heteroatoms. The lowest BCUT2D eigenvalue weighted by Crippen LogP contribution is -2.32. The number of para-hydroxylation sites is 2. The third-order valence-electron chi connectivity index (χ3n) is 3.62. The Labute approximate surface area is 126 Å². The normalized spacial score (nSPS) is 13.0. The smallest absolute Gasteiger partial charge is 0.156 e. The van der Waals surface area contributed by atoms with Gasteiger partial charge in [0.2, 0.25) is 0 Å². The van der Waals surface area contributed by atoms with Crippen molar-refractivity contribution in [2.75, 3.05) is 12.3 Å². The quantitative estimate of drug-likeness (QED) is 0.912. The topological polar surface area (TPSA) is 78.0 Å². The van der Waals surface area contributed by atoms with Gasteiger partial charge in [-0.3, -0.25) is 0 Å². The molecule has 2 N–H and O–H groups in total. The summed E-state index contributed by atoms with van der Waals surface area (Å²) in [5.74, 6) is 0.955. The minimum Gasteiger partial charge on any atom is -0.330 e. The molecule has 2 aromatic rings. The maximum Gasteiger partial charge on any atom is 0.156 e. The van der Waals surface area contributed by atoms with Crippen LogP contribution in [-0.4, -0.2) is 35.0 Å². The molecule has 0 spiro atoms. The van der Waals surface area contributed by atoms with Crippen molar-refractivity contribution < 1.29 is 8.42 Å². The maximum absolute atomic E-state index is 12.3. The zero-order chi connectivity index (χ0) is 15.7. The largest absolute Gasteiger partial charge is 0.330 e. The number of aryl methyl sites for hydroxylation is 1. The number of fused-ring (bicyclic) bond motifs is 1. The van der Waals surface area contributed by atoms with Gasteiger partial charge in [-0.25, -0.2) is 13.4 Å². The molecule has 2 rings (SSSR count). The molecule has 0 saturated heterocycles. The molecule has 1 aromatic heterocycles. The van der Waals surface area contributed by atoms with E-state index in [1.165, 1.54) is 0 Å². The highest BCUT2D eigenvalue weighted by molar-refractivity contribution is 7.92. The summed E-state index contributed by atoms with van der Waals surface area (Å²) in [6.07, 6.45) is 0.643. The number of hydrogen-bond acceptors (Lipinski definition) is 4. The molecule has 0 bridgehead atoms. The maximum atomic E-state index is 12.3. The molecule has 0 aliphatic carbocycles. The fourth-order valence-electron chi connectivity index (χ4n) is 2.21. The number of rotatable bonds is 5. The Bertz CT molecular complexity index is 727. The zero-order valence-corrected chi connectivity index (χ0v) is 13.7. The first kappa shape index (κ1) is 16.0. The SMILES string of the molecule is CC(C)(C)S(=O)(=O)CCn1c(CCN)nc2ccccc21. The van der Waals surface area contributed by atoms with Crippen LogP contribution in [0.5, 0.6) is 0 Å². The van der Waals surface area contributed by atoms with Crippen LogP contribution in [0.15, 0.2) is 24.3 Å². The Morgan fingerprint density at radius 3 is 2.52 bits per heavy atom. The van der Waals surface area contributed by atoms with Gasteiger partial charge in [-0.15, -0.1) is 0 Å². The van der Waals surface area contributed by atoms with Gasteiger partial charge in [0.05, 0.1) is 21.5 Å². The van der Waals surface area contributed by atoms with Gasteiger partial charge in [0.15, 0.2) is 9.84 Å².